The lowest BCUT2D eigenvalue weighted by molar-refractivity contribution is -0.110. The molecule has 1 aromatic heterocycles. The van der Waals surface area contributed by atoms with Crippen molar-refractivity contribution >= 4 is 60.9 Å². The van der Waals surface area contributed by atoms with Crippen LogP contribution in [0.1, 0.15) is 38.4 Å². The average Bonchev–Trinajstić information content (AvgIpc) is 3.41. The number of aryl methyl sites for hydroxylation is 1. The maximum absolute atomic E-state index is 13.5. The fraction of sp³-hybridized carbons (Fsp3) is 0.167. The minimum atomic E-state index is -3.86. The number of H-pyrrole nitrogens is 1. The molecule has 5 rings (SSSR count). The van der Waals surface area contributed by atoms with E-state index in [1.807, 2.05) is 12.1 Å². The number of benzene rings is 2. The molecule has 174 valence electrons. The highest BCUT2D eigenvalue weighted by atomic mass is 79.9. The molecular formula is C24H20BrN3O5S. The number of fused-ring (bicyclic) bond motifs is 2. The molecule has 8 nitrogen and oxygen atoms in total. The Kier molecular flexibility index (Phi) is 5.18. The van der Waals surface area contributed by atoms with Crippen LogP contribution in [-0.4, -0.2) is 36.9 Å². The maximum atomic E-state index is 13.5. The molecule has 10 heteroatoms. The van der Waals surface area contributed by atoms with Crippen molar-refractivity contribution in [2.75, 3.05) is 16.2 Å². The van der Waals surface area contributed by atoms with Gasteiger partial charge >= 0.3 is 5.97 Å². The normalized spacial score (nSPS) is 16.0. The van der Waals surface area contributed by atoms with Gasteiger partial charge in [-0.25, -0.2) is 13.2 Å². The van der Waals surface area contributed by atoms with Gasteiger partial charge in [-0.3, -0.25) is 9.10 Å². The van der Waals surface area contributed by atoms with Crippen LogP contribution in [0.25, 0.3) is 11.6 Å². The van der Waals surface area contributed by atoms with Crippen LogP contribution >= 0.6 is 15.9 Å². The summed E-state index contributed by atoms with van der Waals surface area (Å²) in [6, 6.07) is 10.1. The van der Waals surface area contributed by atoms with Gasteiger partial charge in [-0.2, -0.15) is 0 Å². The molecule has 0 atom stereocenters. The van der Waals surface area contributed by atoms with Crippen LogP contribution in [0.5, 0.6) is 0 Å². The molecule has 1 amide bonds. The Hall–Kier alpha value is -3.37. The lowest BCUT2D eigenvalue weighted by Crippen LogP contribution is -2.29. The predicted molar refractivity (Wildman–Crippen MR) is 133 cm³/mol. The second kappa shape index (κ2) is 7.85. The van der Waals surface area contributed by atoms with E-state index in [9.17, 15) is 23.1 Å². The topological polar surface area (TPSA) is 120 Å². The van der Waals surface area contributed by atoms with Crippen LogP contribution in [0.3, 0.4) is 0 Å². The molecule has 0 unspecified atom stereocenters. The second-order valence-electron chi connectivity index (χ2n) is 8.29. The van der Waals surface area contributed by atoms with Crippen LogP contribution in [0.15, 0.2) is 45.8 Å². The molecule has 2 aliphatic rings. The average molecular weight is 542 g/mol. The Morgan fingerprint density at radius 1 is 1.18 bits per heavy atom. The number of carboxylic acids is 1. The summed E-state index contributed by atoms with van der Waals surface area (Å²) in [4.78, 5) is 27.3. The number of carbonyl (C=O) groups excluding carboxylic acids is 1. The van der Waals surface area contributed by atoms with Gasteiger partial charge in [0.25, 0.3) is 15.9 Å². The summed E-state index contributed by atoms with van der Waals surface area (Å²) in [5.74, 6) is -1.44. The van der Waals surface area contributed by atoms with E-state index in [0.29, 0.717) is 46.9 Å². The van der Waals surface area contributed by atoms with Gasteiger partial charge in [-0.15, -0.1) is 0 Å². The molecule has 2 aromatic carbocycles. The Labute approximate surface area is 204 Å². The number of carbonyl (C=O) groups is 2. The van der Waals surface area contributed by atoms with Gasteiger partial charge in [0, 0.05) is 33.7 Å². The lowest BCUT2D eigenvalue weighted by atomic mass is 10.0. The molecule has 0 saturated carbocycles. The molecular weight excluding hydrogens is 522 g/mol. The van der Waals surface area contributed by atoms with Crippen molar-refractivity contribution in [1.82, 2.24) is 4.98 Å². The summed E-state index contributed by atoms with van der Waals surface area (Å²) >= 11 is 3.42. The van der Waals surface area contributed by atoms with Gasteiger partial charge in [0.05, 0.1) is 21.7 Å². The fourth-order valence-electron chi connectivity index (χ4n) is 4.57. The van der Waals surface area contributed by atoms with Gasteiger partial charge in [-0.1, -0.05) is 15.9 Å². The minimum Gasteiger partial charge on any atom is -0.478 e. The first-order valence-electron chi connectivity index (χ1n) is 10.5. The predicted octanol–water partition coefficient (Wildman–Crippen LogP) is 4.34. The van der Waals surface area contributed by atoms with Crippen LogP contribution in [0.4, 0.5) is 11.4 Å². The first-order chi connectivity index (χ1) is 16.1. The summed E-state index contributed by atoms with van der Waals surface area (Å²) in [5.41, 5.74) is 4.43. The number of anilines is 2. The Balaban J connectivity index is 1.58. The molecule has 0 aliphatic carbocycles. The van der Waals surface area contributed by atoms with Gasteiger partial charge in [-0.05, 0) is 73.9 Å². The van der Waals surface area contributed by atoms with Crippen LogP contribution < -0.4 is 9.62 Å². The first-order valence-corrected chi connectivity index (χ1v) is 12.7. The van der Waals surface area contributed by atoms with E-state index < -0.39 is 16.0 Å². The highest BCUT2D eigenvalue weighted by Crippen LogP contribution is 2.39. The third-order valence-corrected chi connectivity index (χ3v) is 8.54. The largest absolute Gasteiger partial charge is 0.478 e. The van der Waals surface area contributed by atoms with Gasteiger partial charge in [0.2, 0.25) is 0 Å². The number of aromatic amines is 1. The molecule has 2 aliphatic heterocycles. The SMILES string of the molecule is Cc1[nH]c(/C=C2\C(=O)Nc3ccc(S(=O)(=O)N4CCc5cc(Br)ccc54)cc32)c(C)c1C(=O)O. The van der Waals surface area contributed by atoms with Crippen molar-refractivity contribution in [2.45, 2.75) is 25.2 Å². The standard InChI is InChI=1S/C24H20BrN3O5S/c1-12-20(26-13(2)22(12)24(30)31)11-18-17-10-16(4-5-19(17)27-23(18)29)34(32,33)28-8-7-14-9-15(25)3-6-21(14)28/h3-6,9-11,26H,7-8H2,1-2H3,(H,27,29)(H,30,31)/b18-11-. The number of aromatic carboxylic acids is 1. The molecule has 0 spiro atoms. The van der Waals surface area contributed by atoms with E-state index in [4.69, 9.17) is 0 Å². The van der Waals surface area contributed by atoms with Crippen molar-refractivity contribution in [3.05, 3.63) is 74.5 Å². The number of carboxylic acid groups (broad SMARTS) is 1. The van der Waals surface area contributed by atoms with Gasteiger partial charge in [0.1, 0.15) is 0 Å². The molecule has 34 heavy (non-hydrogen) atoms. The van der Waals surface area contributed by atoms with E-state index in [1.54, 1.807) is 32.1 Å². The summed E-state index contributed by atoms with van der Waals surface area (Å²) in [6.45, 7) is 3.65. The van der Waals surface area contributed by atoms with Crippen LogP contribution in [0, 0.1) is 13.8 Å². The molecule has 3 heterocycles. The molecule has 0 saturated heterocycles. The summed E-state index contributed by atoms with van der Waals surface area (Å²) in [7, 11) is -3.86. The quantitative estimate of drug-likeness (QED) is 0.424. The summed E-state index contributed by atoms with van der Waals surface area (Å²) < 4.78 is 29.3. The summed E-state index contributed by atoms with van der Waals surface area (Å²) in [5, 5.41) is 12.2. The number of amides is 1. The number of nitrogens with one attached hydrogen (secondary N) is 2. The van der Waals surface area contributed by atoms with Crippen molar-refractivity contribution in [1.29, 1.82) is 0 Å². The first kappa shape index (κ1) is 22.4. The number of sulfonamides is 1. The van der Waals surface area contributed by atoms with Crippen molar-refractivity contribution in [2.24, 2.45) is 0 Å². The van der Waals surface area contributed by atoms with Gasteiger partial charge < -0.3 is 15.4 Å². The van der Waals surface area contributed by atoms with E-state index in [1.165, 1.54) is 16.4 Å². The number of rotatable bonds is 4. The number of nitrogens with zero attached hydrogens (tertiary/aromatic N) is 1. The van der Waals surface area contributed by atoms with Crippen molar-refractivity contribution < 1.29 is 23.1 Å². The monoisotopic (exact) mass is 541 g/mol. The van der Waals surface area contributed by atoms with Crippen LogP contribution in [0.2, 0.25) is 0 Å². The van der Waals surface area contributed by atoms with Crippen molar-refractivity contribution in [3.8, 4) is 0 Å². The van der Waals surface area contributed by atoms with Gasteiger partial charge in [0.15, 0.2) is 0 Å². The third-order valence-electron chi connectivity index (χ3n) is 6.24. The second-order valence-corrected chi connectivity index (χ2v) is 11.1. The molecule has 0 bridgehead atoms. The van der Waals surface area contributed by atoms with E-state index in [2.05, 4.69) is 26.2 Å². The number of hydrogen-bond donors (Lipinski definition) is 3. The number of halogens is 1. The molecule has 3 N–H and O–H groups in total. The highest BCUT2D eigenvalue weighted by Gasteiger charge is 2.33. The zero-order chi connectivity index (χ0) is 24.4. The third kappa shape index (κ3) is 3.45. The Morgan fingerprint density at radius 3 is 2.65 bits per heavy atom. The van der Waals surface area contributed by atoms with Crippen molar-refractivity contribution in [3.63, 3.8) is 0 Å². The fourth-order valence-corrected chi connectivity index (χ4v) is 6.51. The Bertz CT molecular complexity index is 1540. The maximum Gasteiger partial charge on any atom is 0.337 e. The summed E-state index contributed by atoms with van der Waals surface area (Å²) in [6.07, 6.45) is 2.18. The molecule has 3 aromatic rings. The smallest absolute Gasteiger partial charge is 0.337 e. The lowest BCUT2D eigenvalue weighted by Gasteiger charge is -2.20. The Morgan fingerprint density at radius 2 is 1.94 bits per heavy atom. The minimum absolute atomic E-state index is 0.0787. The van der Waals surface area contributed by atoms with E-state index in [-0.39, 0.29) is 21.9 Å². The van der Waals surface area contributed by atoms with Crippen LogP contribution in [-0.2, 0) is 21.2 Å². The van der Waals surface area contributed by atoms with E-state index in [0.717, 1.165) is 10.0 Å². The number of aromatic nitrogens is 1. The van der Waals surface area contributed by atoms with E-state index >= 15 is 0 Å². The highest BCUT2D eigenvalue weighted by molar-refractivity contribution is 9.10. The molecule has 0 radical (unpaired) electrons. The zero-order valence-corrected chi connectivity index (χ0v) is 20.7. The zero-order valence-electron chi connectivity index (χ0n) is 18.3. The molecule has 0 fully saturated rings. The number of hydrogen-bond acceptors (Lipinski definition) is 4.